The molecule has 1 unspecified atom stereocenters. The second kappa shape index (κ2) is 65.4. The molecule has 0 spiro atoms. The molecule has 0 aromatic rings. The van der Waals surface area contributed by atoms with Crippen molar-refractivity contribution in [1.29, 1.82) is 0 Å². The van der Waals surface area contributed by atoms with Crippen LogP contribution in [-0.2, 0) is 28.6 Å². The number of hydrogen-bond acceptors (Lipinski definition) is 6. The zero-order valence-electron chi connectivity index (χ0n) is 51.2. The minimum absolute atomic E-state index is 0.0941. The molecule has 0 saturated heterocycles. The Labute approximate surface area is 478 Å². The zero-order valence-corrected chi connectivity index (χ0v) is 51.2. The van der Waals surface area contributed by atoms with Gasteiger partial charge in [0.1, 0.15) is 13.2 Å². The van der Waals surface area contributed by atoms with Crippen LogP contribution in [0.3, 0.4) is 0 Å². The molecule has 6 heteroatoms. The van der Waals surface area contributed by atoms with Gasteiger partial charge in [0.2, 0.25) is 0 Å². The lowest BCUT2D eigenvalue weighted by molar-refractivity contribution is -0.167. The van der Waals surface area contributed by atoms with E-state index in [1.807, 2.05) is 0 Å². The van der Waals surface area contributed by atoms with E-state index in [4.69, 9.17) is 14.2 Å². The smallest absolute Gasteiger partial charge is 0.306 e. The van der Waals surface area contributed by atoms with Gasteiger partial charge < -0.3 is 14.2 Å². The summed E-state index contributed by atoms with van der Waals surface area (Å²) < 4.78 is 16.9. The molecule has 0 saturated carbocycles. The van der Waals surface area contributed by atoms with Gasteiger partial charge in [0.25, 0.3) is 0 Å². The van der Waals surface area contributed by atoms with Crippen molar-refractivity contribution in [3.8, 4) is 0 Å². The van der Waals surface area contributed by atoms with Crippen LogP contribution in [0.1, 0.15) is 342 Å². The SMILES string of the molecule is CC/C=C\C/C=C\C/C=C\C/C=C\C/C=C\CCCC(=O)OC(COC(=O)CCCCCCCCCCCCCCCCC)COC(=O)CCCCCCCCCCCCCCCCC/C=C\CCCCCCCCCC. The summed E-state index contributed by atoms with van der Waals surface area (Å²) in [6, 6.07) is 0. The van der Waals surface area contributed by atoms with E-state index in [1.165, 1.54) is 218 Å². The molecule has 1 atom stereocenters. The van der Waals surface area contributed by atoms with Crippen LogP contribution < -0.4 is 0 Å². The maximum Gasteiger partial charge on any atom is 0.306 e. The molecule has 6 nitrogen and oxygen atoms in total. The number of esters is 3. The first kappa shape index (κ1) is 73.8. The number of unbranched alkanes of at least 4 members (excludes halogenated alkanes) is 38. The molecule has 0 amide bonds. The van der Waals surface area contributed by atoms with Crippen molar-refractivity contribution < 1.29 is 28.6 Å². The first-order valence-corrected chi connectivity index (χ1v) is 33.4. The highest BCUT2D eigenvalue weighted by Gasteiger charge is 2.19. The van der Waals surface area contributed by atoms with Gasteiger partial charge in [0.05, 0.1) is 0 Å². The van der Waals surface area contributed by atoms with E-state index < -0.39 is 6.10 Å². The molecule has 0 heterocycles. The molecule has 446 valence electrons. The minimum Gasteiger partial charge on any atom is -0.462 e. The fourth-order valence-corrected chi connectivity index (χ4v) is 9.71. The molecule has 0 radical (unpaired) electrons. The van der Waals surface area contributed by atoms with Gasteiger partial charge >= 0.3 is 17.9 Å². The monoisotopic (exact) mass is 1070 g/mol. The van der Waals surface area contributed by atoms with Crippen molar-refractivity contribution in [1.82, 2.24) is 0 Å². The fourth-order valence-electron chi connectivity index (χ4n) is 9.71. The third-order valence-corrected chi connectivity index (χ3v) is 14.7. The molecule has 0 aliphatic heterocycles. The number of hydrogen-bond donors (Lipinski definition) is 0. The summed E-state index contributed by atoms with van der Waals surface area (Å²) in [6.07, 6.45) is 85.0. The van der Waals surface area contributed by atoms with Gasteiger partial charge in [-0.05, 0) is 83.5 Å². The van der Waals surface area contributed by atoms with Crippen molar-refractivity contribution >= 4 is 17.9 Å². The first-order valence-electron chi connectivity index (χ1n) is 33.4. The lowest BCUT2D eigenvalue weighted by atomic mass is 10.0. The van der Waals surface area contributed by atoms with Gasteiger partial charge in [0, 0.05) is 19.3 Å². The summed E-state index contributed by atoms with van der Waals surface area (Å²) in [5, 5.41) is 0. The van der Waals surface area contributed by atoms with Crippen molar-refractivity contribution in [2.24, 2.45) is 0 Å². The molecule has 0 aromatic heterocycles. The highest BCUT2D eigenvalue weighted by Crippen LogP contribution is 2.17. The third kappa shape index (κ3) is 63.6. The Morgan fingerprint density at radius 1 is 0.273 bits per heavy atom. The topological polar surface area (TPSA) is 78.9 Å². The van der Waals surface area contributed by atoms with E-state index in [-0.39, 0.29) is 37.5 Å². The van der Waals surface area contributed by atoms with Crippen LogP contribution in [0.2, 0.25) is 0 Å². The Morgan fingerprint density at radius 3 is 0.844 bits per heavy atom. The van der Waals surface area contributed by atoms with Crippen LogP contribution in [0, 0.1) is 0 Å². The minimum atomic E-state index is -0.804. The van der Waals surface area contributed by atoms with Gasteiger partial charge in [-0.25, -0.2) is 0 Å². The summed E-state index contributed by atoms with van der Waals surface area (Å²) in [6.45, 7) is 6.53. The summed E-state index contributed by atoms with van der Waals surface area (Å²) in [5.41, 5.74) is 0. The fraction of sp³-hybridized carbons (Fsp3) is 0.789. The first-order chi connectivity index (χ1) is 38.0. The highest BCUT2D eigenvalue weighted by atomic mass is 16.6. The molecular formula is C71H126O6. The van der Waals surface area contributed by atoms with Crippen LogP contribution in [0.5, 0.6) is 0 Å². The lowest BCUT2D eigenvalue weighted by Crippen LogP contribution is -2.30. The van der Waals surface area contributed by atoms with Crippen molar-refractivity contribution in [2.45, 2.75) is 348 Å². The maximum absolute atomic E-state index is 12.9. The largest absolute Gasteiger partial charge is 0.462 e. The second-order valence-corrected chi connectivity index (χ2v) is 22.4. The standard InChI is InChI=1S/C71H126O6/c1-4-7-10-13-16-19-22-25-28-30-31-32-33-34-35-36-37-38-39-41-43-46-49-52-55-58-61-64-70(73)76-67-68(66-75-69(72)63-60-57-54-51-48-45-42-27-24-21-18-15-12-9-6-3)77-71(74)65-62-59-56-53-50-47-44-40-29-26-23-20-17-14-11-8-5-2/h8,11,17,20,26,29-31,44,47,53,56,68H,4-7,9-10,12-16,18-19,21-25,27-28,32-43,45-46,48-52,54-55,57-67H2,1-3H3/b11-8-,20-17-,29-26-,31-30-,47-44-,56-53-. The summed E-state index contributed by atoms with van der Waals surface area (Å²) in [5.74, 6) is -0.935. The van der Waals surface area contributed by atoms with Crippen molar-refractivity contribution in [2.75, 3.05) is 13.2 Å². The second-order valence-electron chi connectivity index (χ2n) is 22.4. The lowest BCUT2D eigenvalue weighted by Gasteiger charge is -2.18. The summed E-state index contributed by atoms with van der Waals surface area (Å²) in [4.78, 5) is 38.3. The van der Waals surface area contributed by atoms with Crippen LogP contribution in [0.4, 0.5) is 0 Å². The Balaban J connectivity index is 4.30. The van der Waals surface area contributed by atoms with Crippen molar-refractivity contribution in [3.05, 3.63) is 72.9 Å². The quantitative estimate of drug-likeness (QED) is 0.0261. The molecule has 77 heavy (non-hydrogen) atoms. The van der Waals surface area contributed by atoms with Crippen LogP contribution in [-0.4, -0.2) is 37.2 Å². The van der Waals surface area contributed by atoms with E-state index in [0.29, 0.717) is 19.3 Å². The number of carbonyl (C=O) groups is 3. The average molecular weight is 1080 g/mol. The van der Waals surface area contributed by atoms with Gasteiger partial charge in [-0.2, -0.15) is 0 Å². The van der Waals surface area contributed by atoms with Gasteiger partial charge in [-0.1, -0.05) is 312 Å². The third-order valence-electron chi connectivity index (χ3n) is 14.7. The molecule has 0 aliphatic carbocycles. The van der Waals surface area contributed by atoms with Crippen LogP contribution >= 0.6 is 0 Å². The normalized spacial score (nSPS) is 12.5. The van der Waals surface area contributed by atoms with E-state index in [0.717, 1.165) is 77.0 Å². The van der Waals surface area contributed by atoms with Crippen molar-refractivity contribution in [3.63, 3.8) is 0 Å². The molecule has 0 bridgehead atoms. The zero-order chi connectivity index (χ0) is 55.7. The number of carbonyl (C=O) groups excluding carboxylic acids is 3. The van der Waals surface area contributed by atoms with Gasteiger partial charge in [0.15, 0.2) is 6.10 Å². The molecule has 0 aromatic carbocycles. The number of allylic oxidation sites excluding steroid dienone is 12. The van der Waals surface area contributed by atoms with E-state index in [2.05, 4.69) is 93.7 Å². The molecular weight excluding hydrogens is 949 g/mol. The Kier molecular flexibility index (Phi) is 62.7. The summed E-state index contributed by atoms with van der Waals surface area (Å²) in [7, 11) is 0. The van der Waals surface area contributed by atoms with Gasteiger partial charge in [-0.15, -0.1) is 0 Å². The number of ether oxygens (including phenoxy) is 3. The van der Waals surface area contributed by atoms with E-state index in [1.54, 1.807) is 0 Å². The molecule has 0 N–H and O–H groups in total. The predicted octanol–water partition coefficient (Wildman–Crippen LogP) is 22.9. The molecule has 0 fully saturated rings. The van der Waals surface area contributed by atoms with Gasteiger partial charge in [-0.3, -0.25) is 14.4 Å². The maximum atomic E-state index is 12.9. The van der Waals surface area contributed by atoms with E-state index in [9.17, 15) is 14.4 Å². The Bertz CT molecular complexity index is 1420. The number of rotatable bonds is 61. The highest BCUT2D eigenvalue weighted by molar-refractivity contribution is 5.71. The Hall–Kier alpha value is -3.15. The van der Waals surface area contributed by atoms with Crippen LogP contribution in [0.25, 0.3) is 0 Å². The summed E-state index contributed by atoms with van der Waals surface area (Å²) >= 11 is 0. The average Bonchev–Trinajstić information content (AvgIpc) is 3.43. The molecule has 0 aliphatic rings. The van der Waals surface area contributed by atoms with Crippen LogP contribution in [0.15, 0.2) is 72.9 Å². The Morgan fingerprint density at radius 2 is 0.519 bits per heavy atom. The molecule has 0 rings (SSSR count). The van der Waals surface area contributed by atoms with E-state index >= 15 is 0 Å². The predicted molar refractivity (Wildman–Crippen MR) is 335 cm³/mol.